The maximum absolute atomic E-state index is 13.5. The fraction of sp³-hybridized carbons (Fsp3) is 0.379. The van der Waals surface area contributed by atoms with E-state index in [1.807, 2.05) is 31.2 Å². The SMILES string of the molecule is Cc1nn(-c2ccccn2)c2nc(C3CC3)cc(C(=O)NCc3ccc(CN4CCCCC4)cc3)c12. The van der Waals surface area contributed by atoms with Gasteiger partial charge >= 0.3 is 0 Å². The Bertz CT molecular complexity index is 1370. The highest BCUT2D eigenvalue weighted by Crippen LogP contribution is 2.40. The van der Waals surface area contributed by atoms with Gasteiger partial charge in [0, 0.05) is 30.9 Å². The van der Waals surface area contributed by atoms with Gasteiger partial charge in [-0.2, -0.15) is 9.78 Å². The molecule has 36 heavy (non-hydrogen) atoms. The van der Waals surface area contributed by atoms with Crippen LogP contribution in [0.2, 0.25) is 0 Å². The van der Waals surface area contributed by atoms with Crippen LogP contribution in [0, 0.1) is 6.92 Å². The molecule has 4 heterocycles. The molecule has 0 radical (unpaired) electrons. The minimum atomic E-state index is -0.0923. The number of rotatable bonds is 7. The number of carbonyl (C=O) groups is 1. The molecule has 0 spiro atoms. The van der Waals surface area contributed by atoms with E-state index in [0.29, 0.717) is 29.5 Å². The van der Waals surface area contributed by atoms with Crippen LogP contribution in [0.5, 0.6) is 0 Å². The minimum Gasteiger partial charge on any atom is -0.348 e. The van der Waals surface area contributed by atoms with Crippen molar-refractivity contribution in [1.82, 2.24) is 30.0 Å². The first-order chi connectivity index (χ1) is 17.7. The van der Waals surface area contributed by atoms with Gasteiger partial charge in [-0.25, -0.2) is 9.97 Å². The first kappa shape index (κ1) is 22.9. The topological polar surface area (TPSA) is 75.9 Å². The molecule has 6 rings (SSSR count). The Labute approximate surface area is 211 Å². The van der Waals surface area contributed by atoms with Gasteiger partial charge in [0.1, 0.15) is 0 Å². The summed E-state index contributed by atoms with van der Waals surface area (Å²) >= 11 is 0. The molecule has 1 aromatic carbocycles. The summed E-state index contributed by atoms with van der Waals surface area (Å²) in [6.45, 7) is 5.80. The van der Waals surface area contributed by atoms with Crippen molar-refractivity contribution in [3.63, 3.8) is 0 Å². The maximum Gasteiger partial charge on any atom is 0.252 e. The highest BCUT2D eigenvalue weighted by Gasteiger charge is 2.29. The molecule has 1 saturated heterocycles. The van der Waals surface area contributed by atoms with E-state index in [-0.39, 0.29) is 5.91 Å². The van der Waals surface area contributed by atoms with Crippen molar-refractivity contribution < 1.29 is 4.79 Å². The van der Waals surface area contributed by atoms with Crippen LogP contribution in [-0.2, 0) is 13.1 Å². The van der Waals surface area contributed by atoms with Crippen molar-refractivity contribution in [2.45, 2.75) is 58.0 Å². The van der Waals surface area contributed by atoms with E-state index in [0.717, 1.165) is 41.7 Å². The van der Waals surface area contributed by atoms with Crippen molar-refractivity contribution in [2.24, 2.45) is 0 Å². The number of piperidine rings is 1. The highest BCUT2D eigenvalue weighted by molar-refractivity contribution is 6.06. The predicted molar refractivity (Wildman–Crippen MR) is 140 cm³/mol. The number of pyridine rings is 2. The third-order valence-electron chi connectivity index (χ3n) is 7.27. The number of aromatic nitrogens is 4. The summed E-state index contributed by atoms with van der Waals surface area (Å²) in [5, 5.41) is 8.64. The smallest absolute Gasteiger partial charge is 0.252 e. The summed E-state index contributed by atoms with van der Waals surface area (Å²) in [6, 6.07) is 16.3. The van der Waals surface area contributed by atoms with E-state index in [9.17, 15) is 4.79 Å². The average molecular weight is 481 g/mol. The number of carbonyl (C=O) groups excluding carboxylic acids is 1. The van der Waals surface area contributed by atoms with Crippen LogP contribution in [0.4, 0.5) is 0 Å². The normalized spacial score (nSPS) is 16.4. The zero-order valence-corrected chi connectivity index (χ0v) is 20.8. The largest absolute Gasteiger partial charge is 0.348 e. The van der Waals surface area contributed by atoms with E-state index in [1.165, 1.54) is 37.9 Å². The minimum absolute atomic E-state index is 0.0923. The molecule has 1 N–H and O–H groups in total. The van der Waals surface area contributed by atoms with Gasteiger partial charge in [0.25, 0.3) is 5.91 Å². The monoisotopic (exact) mass is 480 g/mol. The summed E-state index contributed by atoms with van der Waals surface area (Å²) in [6.07, 6.45) is 7.92. The maximum atomic E-state index is 13.5. The number of hydrogen-bond donors (Lipinski definition) is 1. The number of amides is 1. The molecule has 4 aromatic rings. The van der Waals surface area contributed by atoms with Crippen molar-refractivity contribution in [3.05, 3.63) is 82.8 Å². The lowest BCUT2D eigenvalue weighted by molar-refractivity contribution is 0.0952. The molecule has 7 nitrogen and oxygen atoms in total. The molecule has 7 heteroatoms. The van der Waals surface area contributed by atoms with E-state index in [1.54, 1.807) is 10.9 Å². The van der Waals surface area contributed by atoms with Gasteiger partial charge in [-0.3, -0.25) is 9.69 Å². The van der Waals surface area contributed by atoms with Crippen LogP contribution < -0.4 is 5.32 Å². The van der Waals surface area contributed by atoms with Crippen molar-refractivity contribution in [1.29, 1.82) is 0 Å². The quantitative estimate of drug-likeness (QED) is 0.406. The van der Waals surface area contributed by atoms with Gasteiger partial charge in [0.2, 0.25) is 0 Å². The lowest BCUT2D eigenvalue weighted by Crippen LogP contribution is -2.29. The fourth-order valence-electron chi connectivity index (χ4n) is 5.13. The highest BCUT2D eigenvalue weighted by atomic mass is 16.1. The zero-order chi connectivity index (χ0) is 24.5. The third kappa shape index (κ3) is 4.75. The predicted octanol–water partition coefficient (Wildman–Crippen LogP) is 4.92. The molecule has 2 fully saturated rings. The van der Waals surface area contributed by atoms with Crippen molar-refractivity contribution >= 4 is 16.9 Å². The van der Waals surface area contributed by atoms with Gasteiger partial charge < -0.3 is 5.32 Å². The number of nitrogens with zero attached hydrogens (tertiary/aromatic N) is 5. The number of fused-ring (bicyclic) bond motifs is 1. The number of hydrogen-bond acceptors (Lipinski definition) is 5. The number of aryl methyl sites for hydroxylation is 1. The Morgan fingerprint density at radius 2 is 1.81 bits per heavy atom. The van der Waals surface area contributed by atoms with Crippen LogP contribution in [0.1, 0.15) is 70.9 Å². The second-order valence-electron chi connectivity index (χ2n) is 10.1. The van der Waals surface area contributed by atoms with Crippen molar-refractivity contribution in [2.75, 3.05) is 13.1 Å². The molecule has 2 aliphatic rings. The first-order valence-electron chi connectivity index (χ1n) is 13.1. The van der Waals surface area contributed by atoms with E-state index in [4.69, 9.17) is 10.1 Å². The molecule has 0 bridgehead atoms. The van der Waals surface area contributed by atoms with Gasteiger partial charge in [-0.05, 0) is 75.0 Å². The Hall–Kier alpha value is -3.58. The molecule has 1 saturated carbocycles. The summed E-state index contributed by atoms with van der Waals surface area (Å²) < 4.78 is 1.76. The Balaban J connectivity index is 1.23. The molecule has 184 valence electrons. The van der Waals surface area contributed by atoms with Crippen LogP contribution in [-0.4, -0.2) is 43.6 Å². The Morgan fingerprint density at radius 1 is 1.03 bits per heavy atom. The number of nitrogens with one attached hydrogen (secondary N) is 1. The van der Waals surface area contributed by atoms with Gasteiger partial charge in [0.05, 0.1) is 16.6 Å². The molecule has 0 atom stereocenters. The summed E-state index contributed by atoms with van der Waals surface area (Å²) in [4.78, 5) is 25.4. The van der Waals surface area contributed by atoms with Crippen LogP contribution in [0.25, 0.3) is 16.9 Å². The van der Waals surface area contributed by atoms with Gasteiger partial charge in [-0.15, -0.1) is 0 Å². The first-order valence-corrected chi connectivity index (χ1v) is 13.1. The molecular formula is C29H32N6O. The standard InChI is InChI=1S/C29H32N6O/c1-20-27-24(17-25(23-12-13-23)32-28(27)35(33-20)26-7-3-4-14-30-26)29(36)31-18-21-8-10-22(11-9-21)19-34-15-5-2-6-16-34/h3-4,7-11,14,17,23H,2,5-6,12-13,15-16,18-19H2,1H3,(H,31,36). The van der Waals surface area contributed by atoms with E-state index in [2.05, 4.69) is 39.5 Å². The van der Waals surface area contributed by atoms with E-state index >= 15 is 0 Å². The fourth-order valence-corrected chi connectivity index (χ4v) is 5.13. The van der Waals surface area contributed by atoms with Gasteiger partial charge in [0.15, 0.2) is 11.5 Å². The molecule has 1 aliphatic heterocycles. The summed E-state index contributed by atoms with van der Waals surface area (Å²) in [7, 11) is 0. The molecule has 1 aliphatic carbocycles. The third-order valence-corrected chi connectivity index (χ3v) is 7.27. The molecule has 1 amide bonds. The molecular weight excluding hydrogens is 448 g/mol. The number of benzene rings is 1. The summed E-state index contributed by atoms with van der Waals surface area (Å²) in [5.41, 5.74) is 5.50. The second-order valence-corrected chi connectivity index (χ2v) is 10.1. The zero-order valence-electron chi connectivity index (χ0n) is 20.8. The molecule has 0 unspecified atom stereocenters. The lowest BCUT2D eigenvalue weighted by atomic mass is 10.1. The lowest BCUT2D eigenvalue weighted by Gasteiger charge is -2.26. The Kier molecular flexibility index (Phi) is 6.23. The van der Waals surface area contributed by atoms with Crippen LogP contribution in [0.3, 0.4) is 0 Å². The van der Waals surface area contributed by atoms with E-state index < -0.39 is 0 Å². The Morgan fingerprint density at radius 3 is 2.53 bits per heavy atom. The van der Waals surface area contributed by atoms with Crippen LogP contribution in [0.15, 0.2) is 54.7 Å². The average Bonchev–Trinajstić information content (AvgIpc) is 3.72. The van der Waals surface area contributed by atoms with Crippen molar-refractivity contribution in [3.8, 4) is 5.82 Å². The number of likely N-dealkylation sites (tertiary alicyclic amines) is 1. The summed E-state index contributed by atoms with van der Waals surface area (Å²) in [5.74, 6) is 1.03. The second kappa shape index (κ2) is 9.82. The molecule has 3 aromatic heterocycles. The van der Waals surface area contributed by atoms with Crippen LogP contribution >= 0.6 is 0 Å². The van der Waals surface area contributed by atoms with Gasteiger partial charge in [-0.1, -0.05) is 36.8 Å².